The van der Waals surface area contributed by atoms with Crippen LogP contribution in [-0.2, 0) is 6.61 Å². The summed E-state index contributed by atoms with van der Waals surface area (Å²) in [5, 5.41) is 8.29. The minimum atomic E-state index is 0.346. The molecule has 1 unspecified atom stereocenters. The molecule has 1 N–H and O–H groups in total. The van der Waals surface area contributed by atoms with Crippen LogP contribution >= 0.6 is 0 Å². The first-order chi connectivity index (χ1) is 14.7. The highest BCUT2D eigenvalue weighted by molar-refractivity contribution is 5.92. The van der Waals surface area contributed by atoms with Gasteiger partial charge < -0.3 is 15.0 Å². The number of nitrogens with one attached hydrogen (secondary N) is 1. The van der Waals surface area contributed by atoms with Crippen molar-refractivity contribution in [2.24, 2.45) is 5.92 Å². The second kappa shape index (κ2) is 7.95. The third-order valence-corrected chi connectivity index (χ3v) is 6.12. The molecular weight excluding hydrogens is 376 g/mol. The monoisotopic (exact) mass is 402 g/mol. The van der Waals surface area contributed by atoms with Gasteiger partial charge in [-0.05, 0) is 43.3 Å². The van der Waals surface area contributed by atoms with E-state index in [-0.39, 0.29) is 0 Å². The van der Waals surface area contributed by atoms with Crippen LogP contribution < -0.4 is 10.1 Å². The molecule has 1 saturated heterocycles. The van der Waals surface area contributed by atoms with E-state index in [9.17, 15) is 4.79 Å². The van der Waals surface area contributed by atoms with Crippen LogP contribution in [0.5, 0.6) is 5.75 Å². The molecule has 3 heterocycles. The van der Waals surface area contributed by atoms with E-state index >= 15 is 0 Å². The van der Waals surface area contributed by atoms with Gasteiger partial charge in [0.1, 0.15) is 23.9 Å². The van der Waals surface area contributed by atoms with E-state index in [1.165, 1.54) is 0 Å². The molecule has 6 nitrogen and oxygen atoms in total. The molecular formula is C24H26N4O2. The summed E-state index contributed by atoms with van der Waals surface area (Å²) in [5.74, 6) is 2.25. The number of carbonyl (C=O) groups is 1. The third-order valence-electron chi connectivity index (χ3n) is 6.12. The van der Waals surface area contributed by atoms with E-state index in [2.05, 4.69) is 21.9 Å². The number of rotatable bonds is 6. The molecule has 154 valence electrons. The van der Waals surface area contributed by atoms with Crippen LogP contribution in [0.15, 0.2) is 54.6 Å². The Bertz CT molecular complexity index is 1020. The first-order valence-electron chi connectivity index (χ1n) is 10.5. The number of benzene rings is 2. The number of ether oxygens (including phenoxy) is 1. The molecule has 0 bridgehead atoms. The van der Waals surface area contributed by atoms with Crippen molar-refractivity contribution in [2.45, 2.75) is 19.1 Å². The summed E-state index contributed by atoms with van der Waals surface area (Å²) < 4.78 is 7.94. The van der Waals surface area contributed by atoms with Gasteiger partial charge in [0.15, 0.2) is 6.29 Å². The summed E-state index contributed by atoms with van der Waals surface area (Å²) in [6, 6.07) is 18.3. The fraction of sp³-hybridized carbons (Fsp3) is 0.333. The molecule has 0 saturated carbocycles. The van der Waals surface area contributed by atoms with E-state index in [1.807, 2.05) is 54.6 Å². The van der Waals surface area contributed by atoms with E-state index in [1.54, 1.807) is 0 Å². The average molecular weight is 402 g/mol. The van der Waals surface area contributed by atoms with Crippen molar-refractivity contribution >= 4 is 12.1 Å². The first kappa shape index (κ1) is 18.9. The third kappa shape index (κ3) is 3.48. The van der Waals surface area contributed by atoms with Crippen LogP contribution in [0.1, 0.15) is 28.4 Å². The lowest BCUT2D eigenvalue weighted by molar-refractivity contribution is 0.0778. The maximum Gasteiger partial charge on any atom is 0.156 e. The van der Waals surface area contributed by atoms with E-state index < -0.39 is 0 Å². The number of hydrogen-bond donors (Lipinski definition) is 1. The Hall–Kier alpha value is -3.12. The van der Waals surface area contributed by atoms with Crippen LogP contribution in [0.2, 0.25) is 0 Å². The molecule has 2 aliphatic heterocycles. The van der Waals surface area contributed by atoms with Gasteiger partial charge in [0.25, 0.3) is 0 Å². The van der Waals surface area contributed by atoms with Crippen molar-refractivity contribution in [1.82, 2.24) is 14.7 Å². The molecule has 1 aromatic heterocycles. The van der Waals surface area contributed by atoms with Gasteiger partial charge in [-0.15, -0.1) is 0 Å². The summed E-state index contributed by atoms with van der Waals surface area (Å²) in [4.78, 5) is 14.3. The zero-order valence-electron chi connectivity index (χ0n) is 17.1. The Labute approximate surface area is 176 Å². The number of nitrogens with zero attached hydrogens (tertiary/aromatic N) is 3. The molecule has 0 aliphatic carbocycles. The Kier molecular flexibility index (Phi) is 5.01. The van der Waals surface area contributed by atoms with Gasteiger partial charge in [-0.3, -0.25) is 4.79 Å². The number of hydrogen-bond acceptors (Lipinski definition) is 5. The Morgan fingerprint density at radius 3 is 2.60 bits per heavy atom. The Morgan fingerprint density at radius 2 is 1.90 bits per heavy atom. The van der Waals surface area contributed by atoms with Gasteiger partial charge in [0.05, 0.1) is 11.6 Å². The number of aromatic nitrogens is 2. The number of anilines is 1. The van der Waals surface area contributed by atoms with E-state index in [0.717, 1.165) is 60.7 Å². The quantitative estimate of drug-likeness (QED) is 0.635. The van der Waals surface area contributed by atoms with Gasteiger partial charge in [-0.2, -0.15) is 5.10 Å². The summed E-state index contributed by atoms with van der Waals surface area (Å²) in [7, 11) is 2.14. The lowest BCUT2D eigenvalue weighted by atomic mass is 9.89. The molecule has 0 spiro atoms. The maximum absolute atomic E-state index is 11.9. The molecule has 3 aromatic rings. The molecule has 2 aromatic carbocycles. The number of likely N-dealkylation sites (tertiary alicyclic amines) is 1. The maximum atomic E-state index is 11.9. The highest BCUT2D eigenvalue weighted by Crippen LogP contribution is 2.38. The number of fused-ring (bicyclic) bond motifs is 1. The van der Waals surface area contributed by atoms with Crippen molar-refractivity contribution in [3.05, 3.63) is 65.7 Å². The van der Waals surface area contributed by atoms with Crippen molar-refractivity contribution in [2.75, 3.05) is 32.0 Å². The zero-order chi connectivity index (χ0) is 20.5. The fourth-order valence-corrected chi connectivity index (χ4v) is 4.52. The smallest absolute Gasteiger partial charge is 0.156 e. The normalized spacial score (nSPS) is 18.9. The summed E-state index contributed by atoms with van der Waals surface area (Å²) >= 11 is 0. The van der Waals surface area contributed by atoms with Gasteiger partial charge in [0, 0.05) is 31.1 Å². The number of carbonyl (C=O) groups excluding carboxylic acids is 1. The van der Waals surface area contributed by atoms with Crippen LogP contribution in [-0.4, -0.2) is 47.6 Å². The van der Waals surface area contributed by atoms with Crippen molar-refractivity contribution in [3.8, 4) is 17.0 Å². The molecule has 1 atom stereocenters. The van der Waals surface area contributed by atoms with E-state index in [4.69, 9.17) is 9.84 Å². The van der Waals surface area contributed by atoms with Crippen LogP contribution in [0.4, 0.5) is 5.82 Å². The summed E-state index contributed by atoms with van der Waals surface area (Å²) in [6.45, 7) is 3.58. The molecule has 6 heteroatoms. The minimum absolute atomic E-state index is 0.346. The standard InChI is InChI=1S/C24H26N4O2/c1-27-13-19(14-27)22-11-12-25-24-21(15-29)23(26-28(22)24)18-7-9-20(10-8-18)30-16-17-5-3-2-4-6-17/h2-10,15,19,22,25H,11-14,16H2,1H3. The molecule has 0 radical (unpaired) electrons. The largest absolute Gasteiger partial charge is 0.489 e. The first-order valence-corrected chi connectivity index (χ1v) is 10.5. The second-order valence-electron chi connectivity index (χ2n) is 8.24. The SMILES string of the molecule is CN1CC(C2CCNc3c(C=O)c(-c4ccc(OCc5ccccc5)cc4)nn32)C1. The number of aldehydes is 1. The highest BCUT2D eigenvalue weighted by atomic mass is 16.5. The predicted molar refractivity (Wildman–Crippen MR) is 117 cm³/mol. The van der Waals surface area contributed by atoms with Crippen LogP contribution in [0, 0.1) is 5.92 Å². The van der Waals surface area contributed by atoms with Crippen molar-refractivity contribution in [3.63, 3.8) is 0 Å². The van der Waals surface area contributed by atoms with Crippen molar-refractivity contribution < 1.29 is 9.53 Å². The summed E-state index contributed by atoms with van der Waals surface area (Å²) in [5.41, 5.74) is 3.44. The van der Waals surface area contributed by atoms with Gasteiger partial charge >= 0.3 is 0 Å². The zero-order valence-corrected chi connectivity index (χ0v) is 17.1. The topological polar surface area (TPSA) is 59.4 Å². The Morgan fingerprint density at radius 1 is 1.13 bits per heavy atom. The molecule has 2 aliphatic rings. The molecule has 30 heavy (non-hydrogen) atoms. The molecule has 5 rings (SSSR count). The Balaban J connectivity index is 1.38. The van der Waals surface area contributed by atoms with Gasteiger partial charge in [0.2, 0.25) is 0 Å². The fourth-order valence-electron chi connectivity index (χ4n) is 4.52. The van der Waals surface area contributed by atoms with E-state index in [0.29, 0.717) is 24.1 Å². The highest BCUT2D eigenvalue weighted by Gasteiger charge is 2.37. The van der Waals surface area contributed by atoms with Crippen LogP contribution in [0.25, 0.3) is 11.3 Å². The lowest BCUT2D eigenvalue weighted by Gasteiger charge is -2.43. The second-order valence-corrected chi connectivity index (χ2v) is 8.24. The van der Waals surface area contributed by atoms with Gasteiger partial charge in [-0.25, -0.2) is 4.68 Å². The molecule has 1 fully saturated rings. The average Bonchev–Trinajstić information content (AvgIpc) is 3.15. The van der Waals surface area contributed by atoms with Crippen LogP contribution in [0.3, 0.4) is 0 Å². The van der Waals surface area contributed by atoms with Crippen molar-refractivity contribution in [1.29, 1.82) is 0 Å². The summed E-state index contributed by atoms with van der Waals surface area (Å²) in [6.07, 6.45) is 1.97. The minimum Gasteiger partial charge on any atom is -0.489 e. The predicted octanol–water partition coefficient (Wildman–Crippen LogP) is 3.86. The van der Waals surface area contributed by atoms with Gasteiger partial charge in [-0.1, -0.05) is 30.3 Å². The lowest BCUT2D eigenvalue weighted by Crippen LogP contribution is -2.49. The molecule has 0 amide bonds.